The first kappa shape index (κ1) is 18.8. The van der Waals surface area contributed by atoms with Crippen LogP contribution in [0.2, 0.25) is 0 Å². The molecule has 1 aliphatic heterocycles. The number of aliphatic imine (C=N–C) groups is 2. The van der Waals surface area contributed by atoms with E-state index >= 15 is 0 Å². The second-order valence-electron chi connectivity index (χ2n) is 5.26. The van der Waals surface area contributed by atoms with Crippen molar-refractivity contribution in [1.29, 1.82) is 0 Å². The summed E-state index contributed by atoms with van der Waals surface area (Å²) in [5, 5.41) is 0. The minimum absolute atomic E-state index is 0.0262. The van der Waals surface area contributed by atoms with Crippen molar-refractivity contribution in [3.05, 3.63) is 24.0 Å². The van der Waals surface area contributed by atoms with Gasteiger partial charge in [-0.1, -0.05) is 0 Å². The van der Waals surface area contributed by atoms with Crippen molar-refractivity contribution >= 4 is 39.8 Å². The minimum Gasteiger partial charge on any atom is -0.441 e. The molecule has 1 aromatic rings. The number of hydrogen-bond donors (Lipinski definition) is 1. The van der Waals surface area contributed by atoms with Crippen LogP contribution < -0.4 is 10.6 Å². The third-order valence-corrected chi connectivity index (χ3v) is 3.61. The SMILES string of the molecule is CC(N)=NC=Nc1ccc(N2CC(COS(C)(=O)=O)OC2=O)cc1F. The van der Waals surface area contributed by atoms with E-state index in [1.165, 1.54) is 17.0 Å². The fourth-order valence-electron chi connectivity index (χ4n) is 1.97. The molecule has 1 atom stereocenters. The summed E-state index contributed by atoms with van der Waals surface area (Å²) >= 11 is 0. The maximum absolute atomic E-state index is 14.1. The molecular formula is C14H17FN4O5S. The first-order chi connectivity index (χ1) is 11.7. The molecule has 1 aromatic carbocycles. The van der Waals surface area contributed by atoms with Crippen LogP contribution >= 0.6 is 0 Å². The Morgan fingerprint density at radius 1 is 1.56 bits per heavy atom. The van der Waals surface area contributed by atoms with Gasteiger partial charge in [0.25, 0.3) is 10.1 Å². The van der Waals surface area contributed by atoms with Crippen LogP contribution in [0.4, 0.5) is 20.6 Å². The van der Waals surface area contributed by atoms with Gasteiger partial charge in [-0.3, -0.25) is 9.08 Å². The van der Waals surface area contributed by atoms with Gasteiger partial charge in [-0.15, -0.1) is 0 Å². The molecule has 2 N–H and O–H groups in total. The lowest BCUT2D eigenvalue weighted by atomic mass is 10.2. The number of amides is 1. The Balaban J connectivity index is 2.09. The maximum atomic E-state index is 14.1. The molecule has 0 spiro atoms. The van der Waals surface area contributed by atoms with Crippen LogP contribution in [0.3, 0.4) is 0 Å². The van der Waals surface area contributed by atoms with Gasteiger partial charge < -0.3 is 10.5 Å². The van der Waals surface area contributed by atoms with Gasteiger partial charge >= 0.3 is 6.09 Å². The molecule has 1 unspecified atom stereocenters. The zero-order valence-electron chi connectivity index (χ0n) is 13.5. The normalized spacial score (nSPS) is 18.8. The summed E-state index contributed by atoms with van der Waals surface area (Å²) in [4.78, 5) is 20.6. The summed E-state index contributed by atoms with van der Waals surface area (Å²) in [6.45, 7) is 1.30. The standard InChI is InChI=1S/C14H17FN4O5S/c1-9(16)17-8-18-13-4-3-10(5-12(13)15)19-6-11(24-14(19)20)7-23-25(2,21)22/h3-5,8,11H,6-7H2,1-2H3,(H2,16,17,18). The monoisotopic (exact) mass is 372 g/mol. The van der Waals surface area contributed by atoms with Crippen LogP contribution in [0, 0.1) is 5.82 Å². The summed E-state index contributed by atoms with van der Waals surface area (Å²) in [5.41, 5.74) is 5.62. The van der Waals surface area contributed by atoms with E-state index in [1.54, 1.807) is 6.92 Å². The summed E-state index contributed by atoms with van der Waals surface area (Å²) in [6, 6.07) is 3.97. The molecule has 1 fully saturated rings. The van der Waals surface area contributed by atoms with E-state index in [1.807, 2.05) is 0 Å². The number of nitrogens with zero attached hydrogens (tertiary/aromatic N) is 3. The van der Waals surface area contributed by atoms with Crippen molar-refractivity contribution in [3.8, 4) is 0 Å². The number of amidine groups is 1. The van der Waals surface area contributed by atoms with E-state index in [9.17, 15) is 17.6 Å². The smallest absolute Gasteiger partial charge is 0.414 e. The predicted octanol–water partition coefficient (Wildman–Crippen LogP) is 1.16. The van der Waals surface area contributed by atoms with Crippen LogP contribution in [0.5, 0.6) is 0 Å². The van der Waals surface area contributed by atoms with Crippen molar-refractivity contribution in [2.24, 2.45) is 15.7 Å². The molecule has 0 aliphatic carbocycles. The molecule has 0 radical (unpaired) electrons. The number of benzene rings is 1. The Kier molecular flexibility index (Phi) is 5.69. The fourth-order valence-corrected chi connectivity index (χ4v) is 2.37. The van der Waals surface area contributed by atoms with Crippen LogP contribution in [-0.4, -0.2) is 52.2 Å². The van der Waals surface area contributed by atoms with Crippen molar-refractivity contribution in [2.75, 3.05) is 24.3 Å². The van der Waals surface area contributed by atoms with Crippen LogP contribution in [0.1, 0.15) is 6.92 Å². The number of anilines is 1. The Morgan fingerprint density at radius 2 is 2.28 bits per heavy atom. The first-order valence-electron chi connectivity index (χ1n) is 7.10. The summed E-state index contributed by atoms with van der Waals surface area (Å²) in [7, 11) is -3.64. The lowest BCUT2D eigenvalue weighted by Gasteiger charge is -2.13. The van der Waals surface area contributed by atoms with Crippen molar-refractivity contribution in [3.63, 3.8) is 0 Å². The van der Waals surface area contributed by atoms with E-state index in [-0.39, 0.29) is 30.4 Å². The lowest BCUT2D eigenvalue weighted by molar-refractivity contribution is 0.107. The largest absolute Gasteiger partial charge is 0.441 e. The second-order valence-corrected chi connectivity index (χ2v) is 6.90. The van der Waals surface area contributed by atoms with Gasteiger partial charge in [-0.2, -0.15) is 8.42 Å². The van der Waals surface area contributed by atoms with Crippen molar-refractivity contribution < 1.29 is 26.5 Å². The molecule has 1 heterocycles. The number of carbonyl (C=O) groups is 1. The van der Waals surface area contributed by atoms with Gasteiger partial charge in [-0.25, -0.2) is 19.2 Å². The van der Waals surface area contributed by atoms with E-state index in [2.05, 4.69) is 14.2 Å². The number of ether oxygens (including phenoxy) is 1. The molecule has 25 heavy (non-hydrogen) atoms. The number of nitrogens with two attached hydrogens (primary N) is 1. The Morgan fingerprint density at radius 3 is 2.88 bits per heavy atom. The summed E-state index contributed by atoms with van der Waals surface area (Å²) < 4.78 is 45.6. The molecule has 0 saturated carbocycles. The van der Waals surface area contributed by atoms with Gasteiger partial charge in [-0.05, 0) is 25.1 Å². The molecular weight excluding hydrogens is 355 g/mol. The molecule has 1 amide bonds. The summed E-state index contributed by atoms with van der Waals surface area (Å²) in [6.07, 6.45) is 0.522. The lowest BCUT2D eigenvalue weighted by Crippen LogP contribution is -2.26. The minimum atomic E-state index is -3.64. The Hall–Kier alpha value is -2.53. The molecule has 9 nitrogen and oxygen atoms in total. The third kappa shape index (κ3) is 5.50. The third-order valence-electron chi connectivity index (χ3n) is 3.04. The summed E-state index contributed by atoms with van der Waals surface area (Å²) in [5.74, 6) is -0.384. The van der Waals surface area contributed by atoms with Crippen molar-refractivity contribution in [1.82, 2.24) is 0 Å². The van der Waals surface area contributed by atoms with Gasteiger partial charge in [0, 0.05) is 0 Å². The number of hydrogen-bond acceptors (Lipinski definition) is 6. The van der Waals surface area contributed by atoms with E-state index in [0.717, 1.165) is 18.7 Å². The highest BCUT2D eigenvalue weighted by Crippen LogP contribution is 2.27. The van der Waals surface area contributed by atoms with Crippen molar-refractivity contribution in [2.45, 2.75) is 13.0 Å². The van der Waals surface area contributed by atoms with Gasteiger partial charge in [0.1, 0.15) is 24.7 Å². The van der Waals surface area contributed by atoms with E-state index in [0.29, 0.717) is 0 Å². The number of carbonyl (C=O) groups excluding carboxylic acids is 1. The predicted molar refractivity (Wildman–Crippen MR) is 90.3 cm³/mol. The zero-order chi connectivity index (χ0) is 18.6. The van der Waals surface area contributed by atoms with E-state index in [4.69, 9.17) is 10.5 Å². The average molecular weight is 372 g/mol. The number of halogens is 1. The first-order valence-corrected chi connectivity index (χ1v) is 8.92. The highest BCUT2D eigenvalue weighted by Gasteiger charge is 2.33. The molecule has 0 bridgehead atoms. The Bertz CT molecular complexity index is 821. The molecule has 1 aliphatic rings. The molecule has 2 rings (SSSR count). The average Bonchev–Trinajstić information content (AvgIpc) is 2.87. The fraction of sp³-hybridized carbons (Fsp3) is 0.357. The zero-order valence-corrected chi connectivity index (χ0v) is 14.4. The quantitative estimate of drug-likeness (QED) is 0.454. The molecule has 1 saturated heterocycles. The number of rotatable bonds is 6. The van der Waals surface area contributed by atoms with E-state index < -0.39 is 28.1 Å². The van der Waals surface area contributed by atoms with Crippen LogP contribution in [0.15, 0.2) is 28.2 Å². The molecule has 136 valence electrons. The highest BCUT2D eigenvalue weighted by molar-refractivity contribution is 7.85. The Labute approximate surface area is 144 Å². The molecule has 11 heteroatoms. The topological polar surface area (TPSA) is 124 Å². The maximum Gasteiger partial charge on any atom is 0.414 e. The van der Waals surface area contributed by atoms with Gasteiger partial charge in [0.05, 0.1) is 24.3 Å². The highest BCUT2D eigenvalue weighted by atomic mass is 32.2. The van der Waals surface area contributed by atoms with Crippen LogP contribution in [-0.2, 0) is 19.0 Å². The van der Waals surface area contributed by atoms with Crippen LogP contribution in [0.25, 0.3) is 0 Å². The second kappa shape index (κ2) is 7.57. The van der Waals surface area contributed by atoms with Gasteiger partial charge in [0.2, 0.25) is 0 Å². The van der Waals surface area contributed by atoms with Gasteiger partial charge in [0.15, 0.2) is 5.82 Å². The number of cyclic esters (lactones) is 1. The molecule has 0 aromatic heterocycles.